The maximum absolute atomic E-state index is 13.8. The Hall–Kier alpha value is -2.73. The van der Waals surface area contributed by atoms with Gasteiger partial charge in [0.05, 0.1) is 7.11 Å². The van der Waals surface area contributed by atoms with E-state index in [1.165, 1.54) is 31.4 Å². The number of carbonyl (C=O) groups is 1. The van der Waals surface area contributed by atoms with E-state index in [1.54, 1.807) is 29.2 Å². The Labute approximate surface area is 157 Å². The molecule has 1 aliphatic heterocycles. The minimum Gasteiger partial charge on any atom is -0.494 e. The van der Waals surface area contributed by atoms with E-state index in [0.717, 1.165) is 5.56 Å². The number of methoxy groups -OCH3 is 1. The molecule has 0 unspecified atom stereocenters. The van der Waals surface area contributed by atoms with Crippen molar-refractivity contribution in [2.75, 3.05) is 33.3 Å². The molecule has 1 heterocycles. The minimum atomic E-state index is -0.369. The van der Waals surface area contributed by atoms with Crippen LogP contribution in [-0.4, -0.2) is 49.0 Å². The second kappa shape index (κ2) is 8.77. The number of piperazine rings is 1. The second-order valence-electron chi connectivity index (χ2n) is 6.46. The van der Waals surface area contributed by atoms with Crippen LogP contribution in [0.1, 0.15) is 11.1 Å². The summed E-state index contributed by atoms with van der Waals surface area (Å²) >= 11 is 0. The van der Waals surface area contributed by atoms with E-state index < -0.39 is 0 Å². The lowest BCUT2D eigenvalue weighted by molar-refractivity contribution is -0.127. The molecule has 2 aromatic carbocycles. The zero-order valence-electron chi connectivity index (χ0n) is 15.2. The highest BCUT2D eigenvalue weighted by atomic mass is 19.1. The van der Waals surface area contributed by atoms with Gasteiger partial charge in [0.1, 0.15) is 5.82 Å². The summed E-state index contributed by atoms with van der Waals surface area (Å²) in [7, 11) is 1.44. The van der Waals surface area contributed by atoms with Crippen molar-refractivity contribution < 1.29 is 18.3 Å². The van der Waals surface area contributed by atoms with Crippen molar-refractivity contribution in [3.05, 3.63) is 71.3 Å². The van der Waals surface area contributed by atoms with Gasteiger partial charge in [0.2, 0.25) is 5.91 Å². The van der Waals surface area contributed by atoms with Gasteiger partial charge in [-0.15, -0.1) is 0 Å². The van der Waals surface area contributed by atoms with Gasteiger partial charge in [-0.2, -0.15) is 0 Å². The summed E-state index contributed by atoms with van der Waals surface area (Å²) in [6, 6.07) is 11.1. The Morgan fingerprint density at radius 1 is 1.11 bits per heavy atom. The average molecular weight is 372 g/mol. The van der Waals surface area contributed by atoms with Crippen molar-refractivity contribution in [2.45, 2.75) is 6.54 Å². The van der Waals surface area contributed by atoms with E-state index >= 15 is 0 Å². The predicted molar refractivity (Wildman–Crippen MR) is 100 cm³/mol. The van der Waals surface area contributed by atoms with Crippen molar-refractivity contribution >= 4 is 12.0 Å². The van der Waals surface area contributed by atoms with Gasteiger partial charge in [0.15, 0.2) is 11.6 Å². The fourth-order valence-electron chi connectivity index (χ4n) is 3.08. The van der Waals surface area contributed by atoms with E-state index in [2.05, 4.69) is 4.90 Å². The molecule has 27 heavy (non-hydrogen) atoms. The fraction of sp³-hybridized carbons (Fsp3) is 0.286. The Bertz CT molecular complexity index is 831. The lowest BCUT2D eigenvalue weighted by Gasteiger charge is -2.34. The maximum atomic E-state index is 13.8. The quantitative estimate of drug-likeness (QED) is 0.755. The molecule has 1 saturated heterocycles. The molecule has 1 amide bonds. The maximum Gasteiger partial charge on any atom is 0.246 e. The van der Waals surface area contributed by atoms with Crippen LogP contribution in [0, 0.1) is 11.6 Å². The molecule has 1 aliphatic rings. The smallest absolute Gasteiger partial charge is 0.246 e. The molecule has 0 bridgehead atoms. The number of hydrogen-bond acceptors (Lipinski definition) is 3. The van der Waals surface area contributed by atoms with Gasteiger partial charge in [-0.1, -0.05) is 18.2 Å². The van der Waals surface area contributed by atoms with Crippen molar-refractivity contribution in [2.24, 2.45) is 0 Å². The number of hydrogen-bond donors (Lipinski definition) is 0. The molecule has 142 valence electrons. The third kappa shape index (κ3) is 5.14. The lowest BCUT2D eigenvalue weighted by atomic mass is 10.1. The van der Waals surface area contributed by atoms with Crippen molar-refractivity contribution in [1.82, 2.24) is 9.80 Å². The number of amides is 1. The molecule has 0 N–H and O–H groups in total. The Morgan fingerprint density at radius 2 is 1.89 bits per heavy atom. The van der Waals surface area contributed by atoms with Crippen LogP contribution < -0.4 is 4.74 Å². The van der Waals surface area contributed by atoms with Crippen LogP contribution in [0.3, 0.4) is 0 Å². The largest absolute Gasteiger partial charge is 0.494 e. The number of halogens is 2. The highest BCUT2D eigenvalue weighted by Gasteiger charge is 2.20. The fourth-order valence-corrected chi connectivity index (χ4v) is 3.08. The highest BCUT2D eigenvalue weighted by molar-refractivity contribution is 5.91. The number of nitrogens with zero attached hydrogens (tertiary/aromatic N) is 2. The molecule has 0 saturated carbocycles. The Kier molecular flexibility index (Phi) is 6.19. The van der Waals surface area contributed by atoms with Crippen LogP contribution in [0.5, 0.6) is 5.75 Å². The number of carbonyl (C=O) groups excluding carboxylic acids is 1. The zero-order valence-corrected chi connectivity index (χ0v) is 15.2. The summed E-state index contributed by atoms with van der Waals surface area (Å²) in [6.07, 6.45) is 3.10. The van der Waals surface area contributed by atoms with Crippen LogP contribution in [0.2, 0.25) is 0 Å². The van der Waals surface area contributed by atoms with E-state index in [9.17, 15) is 13.6 Å². The SMILES string of the molecule is COc1ccc(CN2CCN(C(=O)/C=C/c3cccc(F)c3)CC2)cc1F. The van der Waals surface area contributed by atoms with Crippen LogP contribution >= 0.6 is 0 Å². The van der Waals surface area contributed by atoms with Gasteiger partial charge < -0.3 is 9.64 Å². The first kappa shape index (κ1) is 19.0. The molecule has 0 radical (unpaired) electrons. The lowest BCUT2D eigenvalue weighted by Crippen LogP contribution is -2.47. The van der Waals surface area contributed by atoms with Crippen LogP contribution in [0.4, 0.5) is 8.78 Å². The van der Waals surface area contributed by atoms with Crippen LogP contribution in [-0.2, 0) is 11.3 Å². The molecule has 1 fully saturated rings. The molecule has 0 aliphatic carbocycles. The second-order valence-corrected chi connectivity index (χ2v) is 6.46. The summed E-state index contributed by atoms with van der Waals surface area (Å²) < 4.78 is 31.9. The summed E-state index contributed by atoms with van der Waals surface area (Å²) in [6.45, 7) is 3.26. The zero-order chi connectivity index (χ0) is 19.2. The summed E-state index contributed by atoms with van der Waals surface area (Å²) in [5.74, 6) is -0.548. The molecule has 4 nitrogen and oxygen atoms in total. The Morgan fingerprint density at radius 3 is 2.56 bits per heavy atom. The number of rotatable bonds is 5. The minimum absolute atomic E-state index is 0.0885. The normalized spacial score (nSPS) is 15.3. The number of ether oxygens (including phenoxy) is 1. The van der Waals surface area contributed by atoms with E-state index in [1.807, 2.05) is 6.07 Å². The first-order chi connectivity index (χ1) is 13.0. The highest BCUT2D eigenvalue weighted by Crippen LogP contribution is 2.19. The monoisotopic (exact) mass is 372 g/mol. The van der Waals surface area contributed by atoms with Gasteiger partial charge in [-0.05, 0) is 41.5 Å². The van der Waals surface area contributed by atoms with Gasteiger partial charge in [-0.25, -0.2) is 8.78 Å². The molecular weight excluding hydrogens is 350 g/mol. The Balaban J connectivity index is 1.51. The summed E-state index contributed by atoms with van der Waals surface area (Å²) in [5, 5.41) is 0. The van der Waals surface area contributed by atoms with Crippen LogP contribution in [0.15, 0.2) is 48.5 Å². The summed E-state index contributed by atoms with van der Waals surface area (Å²) in [5.41, 5.74) is 1.53. The molecule has 0 spiro atoms. The predicted octanol–water partition coefficient (Wildman–Crippen LogP) is 3.33. The van der Waals surface area contributed by atoms with Crippen molar-refractivity contribution in [1.29, 1.82) is 0 Å². The van der Waals surface area contributed by atoms with Crippen LogP contribution in [0.25, 0.3) is 6.08 Å². The molecular formula is C21H22F2N2O2. The van der Waals surface area contributed by atoms with Gasteiger partial charge in [0.25, 0.3) is 0 Å². The first-order valence-electron chi connectivity index (χ1n) is 8.82. The molecule has 0 atom stereocenters. The van der Waals surface area contributed by atoms with Gasteiger partial charge >= 0.3 is 0 Å². The standard InChI is InChI=1S/C21H22F2N2O2/c1-27-20-7-5-17(14-19(20)23)15-24-9-11-25(12-10-24)21(26)8-6-16-3-2-4-18(22)13-16/h2-8,13-14H,9-12,15H2,1H3/b8-6+. The summed E-state index contributed by atoms with van der Waals surface area (Å²) in [4.78, 5) is 16.2. The van der Waals surface area contributed by atoms with Gasteiger partial charge in [0, 0.05) is 38.8 Å². The first-order valence-corrected chi connectivity index (χ1v) is 8.82. The van der Waals surface area contributed by atoms with Gasteiger partial charge in [-0.3, -0.25) is 9.69 Å². The van der Waals surface area contributed by atoms with E-state index in [4.69, 9.17) is 4.74 Å². The third-order valence-electron chi connectivity index (χ3n) is 4.57. The van der Waals surface area contributed by atoms with Crippen molar-refractivity contribution in [3.63, 3.8) is 0 Å². The molecule has 3 rings (SSSR count). The third-order valence-corrected chi connectivity index (χ3v) is 4.57. The van der Waals surface area contributed by atoms with E-state index in [0.29, 0.717) is 38.3 Å². The average Bonchev–Trinajstić information content (AvgIpc) is 2.67. The van der Waals surface area contributed by atoms with Crippen molar-refractivity contribution in [3.8, 4) is 5.75 Å². The molecule has 6 heteroatoms. The van der Waals surface area contributed by atoms with E-state index in [-0.39, 0.29) is 23.3 Å². The molecule has 0 aromatic heterocycles. The molecule has 2 aromatic rings. The topological polar surface area (TPSA) is 32.8 Å². The number of benzene rings is 2.